The first kappa shape index (κ1) is 15.5. The Morgan fingerprint density at radius 3 is 3.00 bits per heavy atom. The molecule has 0 unspecified atom stereocenters. The number of nitrogens with zero attached hydrogens (tertiary/aromatic N) is 3. The molecular weight excluding hydrogens is 306 g/mol. The van der Waals surface area contributed by atoms with Crippen LogP contribution in [0.5, 0.6) is 11.5 Å². The van der Waals surface area contributed by atoms with Crippen molar-refractivity contribution in [3.05, 3.63) is 41.7 Å². The van der Waals surface area contributed by atoms with Crippen molar-refractivity contribution in [3.63, 3.8) is 0 Å². The summed E-state index contributed by atoms with van der Waals surface area (Å²) >= 11 is 0. The zero-order valence-corrected chi connectivity index (χ0v) is 14.0. The highest BCUT2D eigenvalue weighted by Crippen LogP contribution is 2.34. The highest BCUT2D eigenvalue weighted by atomic mass is 16.6. The monoisotopic (exact) mass is 329 g/mol. The van der Waals surface area contributed by atoms with Gasteiger partial charge in [0.1, 0.15) is 13.2 Å². The Labute approximate surface area is 141 Å². The van der Waals surface area contributed by atoms with Gasteiger partial charge in [-0.3, -0.25) is 9.58 Å². The third-order valence-electron chi connectivity index (χ3n) is 4.42. The first-order valence-corrected chi connectivity index (χ1v) is 8.48. The SMILES string of the molecule is Cc1cnn(C[C@@H]2CN(Cc3cccc4c3OCCO4)CCO2)c1. The molecule has 1 aromatic heterocycles. The standard InChI is InChI=1S/C18H23N3O3/c1-14-9-19-21(10-14)13-16-12-20(5-6-22-16)11-15-3-2-4-17-18(15)24-8-7-23-17/h2-4,9-10,16H,5-8,11-13H2,1H3/t16-/m0/s1. The molecule has 0 bridgehead atoms. The van der Waals surface area contributed by atoms with Gasteiger partial charge in [-0.15, -0.1) is 0 Å². The predicted octanol–water partition coefficient (Wildman–Crippen LogP) is 1.86. The van der Waals surface area contributed by atoms with Gasteiger partial charge in [-0.2, -0.15) is 5.10 Å². The lowest BCUT2D eigenvalue weighted by molar-refractivity contribution is -0.0405. The van der Waals surface area contributed by atoms with E-state index < -0.39 is 0 Å². The summed E-state index contributed by atoms with van der Waals surface area (Å²) < 4.78 is 19.4. The van der Waals surface area contributed by atoms with Crippen LogP contribution >= 0.6 is 0 Å². The summed E-state index contributed by atoms with van der Waals surface area (Å²) in [5.41, 5.74) is 2.36. The average molecular weight is 329 g/mol. The lowest BCUT2D eigenvalue weighted by Crippen LogP contribution is -2.43. The van der Waals surface area contributed by atoms with E-state index in [1.54, 1.807) is 0 Å². The van der Waals surface area contributed by atoms with Crippen molar-refractivity contribution >= 4 is 0 Å². The van der Waals surface area contributed by atoms with Crippen LogP contribution in [0.25, 0.3) is 0 Å². The van der Waals surface area contributed by atoms with Crippen molar-refractivity contribution in [2.75, 3.05) is 32.9 Å². The van der Waals surface area contributed by atoms with Crippen molar-refractivity contribution < 1.29 is 14.2 Å². The van der Waals surface area contributed by atoms with Crippen LogP contribution in [-0.2, 0) is 17.8 Å². The van der Waals surface area contributed by atoms with Crippen LogP contribution in [-0.4, -0.2) is 53.7 Å². The summed E-state index contributed by atoms with van der Waals surface area (Å²) in [6.07, 6.45) is 4.10. The van der Waals surface area contributed by atoms with Crippen molar-refractivity contribution in [2.45, 2.75) is 26.1 Å². The maximum Gasteiger partial charge on any atom is 0.165 e. The van der Waals surface area contributed by atoms with E-state index in [0.29, 0.717) is 13.2 Å². The molecule has 3 heterocycles. The normalized spacial score (nSPS) is 21.0. The summed E-state index contributed by atoms with van der Waals surface area (Å²) in [5, 5.41) is 4.36. The summed E-state index contributed by atoms with van der Waals surface area (Å²) in [5.74, 6) is 1.75. The minimum atomic E-state index is 0.162. The number of rotatable bonds is 4. The smallest absolute Gasteiger partial charge is 0.165 e. The van der Waals surface area contributed by atoms with Gasteiger partial charge in [0, 0.05) is 31.4 Å². The minimum absolute atomic E-state index is 0.162. The van der Waals surface area contributed by atoms with Crippen LogP contribution in [0.1, 0.15) is 11.1 Å². The fourth-order valence-electron chi connectivity index (χ4n) is 3.31. The van der Waals surface area contributed by atoms with Gasteiger partial charge in [0.15, 0.2) is 11.5 Å². The molecule has 0 amide bonds. The predicted molar refractivity (Wildman–Crippen MR) is 89.4 cm³/mol. The Balaban J connectivity index is 1.41. The van der Waals surface area contributed by atoms with E-state index in [2.05, 4.69) is 29.2 Å². The summed E-state index contributed by atoms with van der Waals surface area (Å²) in [6, 6.07) is 6.13. The van der Waals surface area contributed by atoms with Gasteiger partial charge >= 0.3 is 0 Å². The van der Waals surface area contributed by atoms with Gasteiger partial charge in [-0.05, 0) is 18.6 Å². The molecule has 1 atom stereocenters. The van der Waals surface area contributed by atoms with E-state index in [9.17, 15) is 0 Å². The first-order valence-electron chi connectivity index (χ1n) is 8.48. The summed E-state index contributed by atoms with van der Waals surface area (Å²) in [6.45, 7) is 7.51. The largest absolute Gasteiger partial charge is 0.486 e. The Bertz CT molecular complexity index is 701. The summed E-state index contributed by atoms with van der Waals surface area (Å²) in [7, 11) is 0. The number of ether oxygens (including phenoxy) is 3. The van der Waals surface area contributed by atoms with Crippen LogP contribution in [0.2, 0.25) is 0 Å². The van der Waals surface area contributed by atoms with Gasteiger partial charge in [-0.1, -0.05) is 12.1 Å². The third-order valence-corrected chi connectivity index (χ3v) is 4.42. The number of benzene rings is 1. The van der Waals surface area contributed by atoms with Gasteiger partial charge < -0.3 is 14.2 Å². The van der Waals surface area contributed by atoms with Crippen molar-refractivity contribution in [3.8, 4) is 11.5 Å². The third kappa shape index (κ3) is 3.39. The zero-order valence-electron chi connectivity index (χ0n) is 14.0. The number of hydrogen-bond donors (Lipinski definition) is 0. The number of aromatic nitrogens is 2. The molecule has 24 heavy (non-hydrogen) atoms. The molecule has 6 nitrogen and oxygen atoms in total. The van der Waals surface area contributed by atoms with E-state index in [0.717, 1.165) is 44.3 Å². The number of hydrogen-bond acceptors (Lipinski definition) is 5. The Hall–Kier alpha value is -2.05. The zero-order chi connectivity index (χ0) is 16.4. The molecule has 1 saturated heterocycles. The number of fused-ring (bicyclic) bond motifs is 1. The molecule has 2 aliphatic rings. The molecule has 1 fully saturated rings. The molecule has 4 rings (SSSR count). The molecule has 0 aliphatic carbocycles. The molecule has 128 valence electrons. The van der Waals surface area contributed by atoms with E-state index in [1.807, 2.05) is 23.0 Å². The van der Waals surface area contributed by atoms with Crippen molar-refractivity contribution in [1.29, 1.82) is 0 Å². The van der Waals surface area contributed by atoms with E-state index >= 15 is 0 Å². The van der Waals surface area contributed by atoms with Gasteiger partial charge in [0.2, 0.25) is 0 Å². The Morgan fingerprint density at radius 1 is 1.21 bits per heavy atom. The highest BCUT2D eigenvalue weighted by Gasteiger charge is 2.23. The van der Waals surface area contributed by atoms with Crippen LogP contribution < -0.4 is 9.47 Å². The fraction of sp³-hybridized carbons (Fsp3) is 0.500. The van der Waals surface area contributed by atoms with Crippen LogP contribution in [0.3, 0.4) is 0 Å². The average Bonchev–Trinajstić information content (AvgIpc) is 3.00. The minimum Gasteiger partial charge on any atom is -0.486 e. The van der Waals surface area contributed by atoms with Crippen LogP contribution in [0, 0.1) is 6.92 Å². The van der Waals surface area contributed by atoms with E-state index in [-0.39, 0.29) is 6.10 Å². The maximum atomic E-state index is 5.91. The first-order chi connectivity index (χ1) is 11.8. The van der Waals surface area contributed by atoms with Gasteiger partial charge in [0.25, 0.3) is 0 Å². The number of para-hydroxylation sites is 1. The second kappa shape index (κ2) is 6.83. The topological polar surface area (TPSA) is 48.8 Å². The molecule has 2 aromatic rings. The Kier molecular flexibility index (Phi) is 4.40. The number of morpholine rings is 1. The lowest BCUT2D eigenvalue weighted by Gasteiger charge is -2.33. The van der Waals surface area contributed by atoms with Crippen LogP contribution in [0.4, 0.5) is 0 Å². The van der Waals surface area contributed by atoms with Crippen molar-refractivity contribution in [1.82, 2.24) is 14.7 Å². The highest BCUT2D eigenvalue weighted by molar-refractivity contribution is 5.47. The molecule has 0 spiro atoms. The molecule has 1 aromatic carbocycles. The molecule has 0 saturated carbocycles. The fourth-order valence-corrected chi connectivity index (χ4v) is 3.31. The maximum absolute atomic E-state index is 5.91. The second-order valence-electron chi connectivity index (χ2n) is 6.41. The molecular formula is C18H23N3O3. The molecule has 2 aliphatic heterocycles. The second-order valence-corrected chi connectivity index (χ2v) is 6.41. The van der Waals surface area contributed by atoms with E-state index in [4.69, 9.17) is 14.2 Å². The lowest BCUT2D eigenvalue weighted by atomic mass is 10.1. The molecule has 0 radical (unpaired) electrons. The van der Waals surface area contributed by atoms with Gasteiger partial charge in [0.05, 0.1) is 25.5 Å². The summed E-state index contributed by atoms with van der Waals surface area (Å²) in [4.78, 5) is 2.41. The van der Waals surface area contributed by atoms with E-state index in [1.165, 1.54) is 11.1 Å². The van der Waals surface area contributed by atoms with Crippen molar-refractivity contribution in [2.24, 2.45) is 0 Å². The van der Waals surface area contributed by atoms with Crippen LogP contribution in [0.15, 0.2) is 30.6 Å². The molecule has 6 heteroatoms. The molecule has 0 N–H and O–H groups in total. The quantitative estimate of drug-likeness (QED) is 0.857. The Morgan fingerprint density at radius 2 is 2.12 bits per heavy atom. The van der Waals surface area contributed by atoms with Gasteiger partial charge in [-0.25, -0.2) is 0 Å². The number of aryl methyl sites for hydroxylation is 1.